The second-order valence-corrected chi connectivity index (χ2v) is 34.5. The average Bonchev–Trinajstić information content (AvgIpc) is 1.12. The van der Waals surface area contributed by atoms with E-state index in [4.69, 9.17) is 19.7 Å². The summed E-state index contributed by atoms with van der Waals surface area (Å²) in [7, 11) is 21.9. The zero-order valence-corrected chi connectivity index (χ0v) is 86.3. The zero-order valence-electron chi connectivity index (χ0n) is 86.3. The minimum absolute atomic E-state index is 0. The van der Waals surface area contributed by atoms with Gasteiger partial charge in [0.15, 0.2) is 0 Å². The molecule has 16 N–H and O–H groups in total. The van der Waals surface area contributed by atoms with Crippen LogP contribution in [-0.2, 0) is 9.47 Å². The Morgan fingerprint density at radius 2 is 0.690 bits per heavy atom. The van der Waals surface area contributed by atoms with E-state index in [1.807, 2.05) is 317 Å². The molecule has 2 saturated heterocycles. The van der Waals surface area contributed by atoms with Crippen LogP contribution in [0.1, 0.15) is 222 Å². The van der Waals surface area contributed by atoms with Crippen molar-refractivity contribution < 1.29 is 62.8 Å². The number of carbonyl (C=O) groups is 9. The molecule has 142 heavy (non-hydrogen) atoms. The van der Waals surface area contributed by atoms with Crippen molar-refractivity contribution in [1.82, 2.24) is 46.6 Å². The van der Waals surface area contributed by atoms with Crippen molar-refractivity contribution in [3.8, 4) is 0 Å². The summed E-state index contributed by atoms with van der Waals surface area (Å²) in [6.45, 7) is 28.9. The molecule has 11 rings (SSSR count). The van der Waals surface area contributed by atoms with E-state index in [9.17, 15) is 43.2 Å². The topological polar surface area (TPSA) is 394 Å². The Morgan fingerprint density at radius 3 is 1.02 bits per heavy atom. The van der Waals surface area contributed by atoms with Crippen LogP contribution in [-0.4, -0.2) is 266 Å². The lowest BCUT2D eigenvalue weighted by Gasteiger charge is -2.22. The summed E-state index contributed by atoms with van der Waals surface area (Å²) < 4.78 is 11.0. The summed E-state index contributed by atoms with van der Waals surface area (Å²) in [4.78, 5) is 113. The monoisotopic (exact) mass is 1960 g/mol. The molecule has 2 fully saturated rings. The van der Waals surface area contributed by atoms with Crippen molar-refractivity contribution in [3.63, 3.8) is 0 Å². The fraction of sp³-hybridized carbons (Fsp3) is 0.432. The van der Waals surface area contributed by atoms with Crippen LogP contribution in [0.4, 0.5) is 51.2 Å². The first-order chi connectivity index (χ1) is 66.4. The number of anilines is 9. The molecule has 0 radical (unpaired) electrons. The molecule has 0 aromatic heterocycles. The van der Waals surface area contributed by atoms with Crippen LogP contribution < -0.4 is 79.3 Å². The van der Waals surface area contributed by atoms with Gasteiger partial charge in [0.1, 0.15) is 0 Å². The van der Waals surface area contributed by atoms with Crippen molar-refractivity contribution in [1.29, 1.82) is 0 Å². The Hall–Kier alpha value is -13.8. The van der Waals surface area contributed by atoms with Gasteiger partial charge in [0, 0.05) is 263 Å². The number of aliphatic hydroxyl groups excluding tert-OH is 2. The van der Waals surface area contributed by atoms with Crippen LogP contribution in [0.25, 0.3) is 0 Å². The Bertz CT molecular complexity index is 5180. The first-order valence-electron chi connectivity index (χ1n) is 47.4. The molecule has 1 unspecified atom stereocenters. The van der Waals surface area contributed by atoms with E-state index < -0.39 is 0 Å². The van der Waals surface area contributed by atoms with E-state index in [-0.39, 0.29) is 112 Å². The fourth-order valence-corrected chi connectivity index (χ4v) is 13.2. The predicted octanol–water partition coefficient (Wildman–Crippen LogP) is 17.4. The number of rotatable bonds is 31. The van der Waals surface area contributed by atoms with E-state index in [1.54, 1.807) is 50.3 Å². The van der Waals surface area contributed by atoms with Crippen LogP contribution in [0.2, 0.25) is 0 Å². The van der Waals surface area contributed by atoms with Crippen LogP contribution in [0.15, 0.2) is 212 Å². The van der Waals surface area contributed by atoms with Crippen molar-refractivity contribution in [2.45, 2.75) is 148 Å². The number of nitrogens with one attached hydrogen (secondary N) is 14. The van der Waals surface area contributed by atoms with Gasteiger partial charge in [0.05, 0.1) is 25.4 Å². The van der Waals surface area contributed by atoms with Gasteiger partial charge in [-0.05, 0) is 256 Å². The van der Waals surface area contributed by atoms with Gasteiger partial charge in [-0.2, -0.15) is 0 Å². The second-order valence-electron chi connectivity index (χ2n) is 34.5. The van der Waals surface area contributed by atoms with Crippen LogP contribution in [0.3, 0.4) is 0 Å². The summed E-state index contributed by atoms with van der Waals surface area (Å²) in [5.74, 6) is -0.247. The molecular weight excluding hydrogens is 1790 g/mol. The number of aryl methyl sites for hydroxylation is 1. The SMILES string of the molecule is C.C.C.CCN(CC)C(=O)c1cccc(NC)c1.CCN(CCO)C(=O)c1cccc(NC)c1.CCNC(=O)c1cc(NC)ccc1C.CNC(=O)c1cccc(N(C)C)c1.CNc1cccc(C(=O)N(C)CCO)c1.CNc1cccc(C(=O)NC(C)(C)C)c1.CNc1cccc(C(=O)NCC(C)(C)C)c1.CNc1cccc(C(=O)NCC2CCCCO2)c1.CNc1cccc(C(=O)NC[C@@H]2CCCO2)c1. The van der Waals surface area contributed by atoms with Crippen molar-refractivity contribution in [3.05, 3.63) is 268 Å². The Balaban J connectivity index is 0.00000157. The Morgan fingerprint density at radius 1 is 0.359 bits per heavy atom. The zero-order chi connectivity index (χ0) is 103. The molecule has 2 aliphatic heterocycles. The molecule has 31 nitrogen and oxygen atoms in total. The van der Waals surface area contributed by atoms with Gasteiger partial charge < -0.3 is 114 Å². The summed E-state index contributed by atoms with van der Waals surface area (Å²) in [5, 5.41) is 58.7. The molecule has 2 heterocycles. The van der Waals surface area contributed by atoms with Gasteiger partial charge in [0.2, 0.25) is 0 Å². The Kier molecular flexibility index (Phi) is 63.9. The lowest BCUT2D eigenvalue weighted by Crippen LogP contribution is -2.40. The molecular formula is C111H170N18O13. The highest BCUT2D eigenvalue weighted by atomic mass is 16.5. The summed E-state index contributed by atoms with van der Waals surface area (Å²) in [6.07, 6.45) is 5.86. The lowest BCUT2D eigenvalue weighted by atomic mass is 9.97. The maximum absolute atomic E-state index is 12.0. The van der Waals surface area contributed by atoms with Gasteiger partial charge in [-0.15, -0.1) is 0 Å². The van der Waals surface area contributed by atoms with E-state index >= 15 is 0 Å². The summed E-state index contributed by atoms with van der Waals surface area (Å²) in [5.41, 5.74) is 15.6. The molecule has 31 heteroatoms. The fourth-order valence-electron chi connectivity index (χ4n) is 13.2. The first-order valence-corrected chi connectivity index (χ1v) is 47.4. The highest BCUT2D eigenvalue weighted by Gasteiger charge is 2.22. The molecule has 9 amide bonds. The Labute approximate surface area is 848 Å². The maximum atomic E-state index is 12.0. The van der Waals surface area contributed by atoms with Crippen LogP contribution in [0, 0.1) is 12.3 Å². The van der Waals surface area contributed by atoms with Crippen molar-refractivity contribution in [2.75, 3.05) is 217 Å². The third-order valence-electron chi connectivity index (χ3n) is 21.2. The van der Waals surface area contributed by atoms with E-state index in [0.29, 0.717) is 84.8 Å². The summed E-state index contributed by atoms with van der Waals surface area (Å²) >= 11 is 0. The first kappa shape index (κ1) is 128. The molecule has 0 bridgehead atoms. The predicted molar refractivity (Wildman–Crippen MR) is 591 cm³/mol. The number of likely N-dealkylation sites (N-methyl/N-ethyl adjacent to an activating group) is 2. The largest absolute Gasteiger partial charge is 0.395 e. The molecule has 9 aromatic carbocycles. The number of amides is 9. The summed E-state index contributed by atoms with van der Waals surface area (Å²) in [6, 6.07) is 65.2. The van der Waals surface area contributed by atoms with Crippen LogP contribution in [0.5, 0.6) is 0 Å². The third kappa shape index (κ3) is 49.4. The molecule has 9 aromatic rings. The standard InChI is InChI=1S/C14H20N2O2.C13H18N2O2.C13H20N2O.C12H18N2O2.2C12H18N2O.C11H16N2O2.C11H16N2O.C10H14N2O.3CH4/c1-15-12-6-4-5-11(9-12)14(17)16-10-13-7-2-3-8-18-13;1-14-11-5-2-4-10(8-11)13(16)15-9-12-6-3-7-17-12;1-13(2,3)9-15-12(16)10-6-5-7-11(8-10)14-4;1-3-14(7-8-15)12(16)10-5-4-6-11(9-10)13-2;1-12(2,3)14-11(15)9-6-5-7-10(8-9)13-4;1-4-14(5-2)12(15)10-7-6-8-11(9-10)13-3;1-12-10-5-3-4-9(8-10)11(15)13(2)6-7-14;1-4-13-11(14)10-7-9(12-3)6-5-8(10)2;1-11-10(13)8-5-4-6-9(7-8)12(2)3;;;/h4-6,9,13,15H,2-3,7-8,10H2,1H3,(H,16,17);2,4-5,8,12,14H,3,6-7,9H2,1H3,(H,15,16);5-8,14H,9H2,1-4H3,(H,15,16);4-6,9,13,15H,3,7-8H2,1-2H3;5-8,13H,1-4H3,(H,14,15);6-9,13H,4-5H2,1-3H3;3-5,8,12,14H,6-7H2,1-2H3;5-7,12H,4H2,1-3H3,(H,13,14);4-7H,1-3H3,(H,11,13);3*1H4/t;12-;;;;;;;;;;/m.0........../s1. The van der Waals surface area contributed by atoms with Gasteiger partial charge in [-0.1, -0.05) is 97.6 Å². The van der Waals surface area contributed by atoms with Crippen molar-refractivity contribution in [2.24, 2.45) is 5.41 Å². The molecule has 782 valence electrons. The van der Waals surface area contributed by atoms with E-state index in [0.717, 1.165) is 120 Å². The maximum Gasteiger partial charge on any atom is 0.253 e. The van der Waals surface area contributed by atoms with E-state index in [2.05, 4.69) is 95.2 Å². The average molecular weight is 1960 g/mol. The smallest absolute Gasteiger partial charge is 0.253 e. The van der Waals surface area contributed by atoms with Gasteiger partial charge >= 0.3 is 0 Å². The minimum atomic E-state index is -0.202. The number of hydrogen-bond acceptors (Lipinski definition) is 22. The molecule has 2 atom stereocenters. The minimum Gasteiger partial charge on any atom is -0.395 e. The van der Waals surface area contributed by atoms with Crippen LogP contribution >= 0.6 is 0 Å². The second kappa shape index (κ2) is 70.8. The van der Waals surface area contributed by atoms with Gasteiger partial charge in [0.25, 0.3) is 53.2 Å². The molecule has 2 aliphatic rings. The van der Waals surface area contributed by atoms with Gasteiger partial charge in [-0.25, -0.2) is 0 Å². The van der Waals surface area contributed by atoms with Gasteiger partial charge in [-0.3, -0.25) is 43.2 Å². The molecule has 0 aliphatic carbocycles. The number of aliphatic hydroxyl groups is 2. The number of carbonyl (C=O) groups excluding carboxylic acids is 9. The highest BCUT2D eigenvalue weighted by molar-refractivity contribution is 6.00. The molecule has 0 saturated carbocycles. The van der Waals surface area contributed by atoms with E-state index in [1.165, 1.54) is 11.3 Å². The lowest BCUT2D eigenvalue weighted by molar-refractivity contribution is 0.0169. The normalized spacial score (nSPS) is 12.1. The number of benzene rings is 9. The number of hydrogen-bond donors (Lipinski definition) is 16. The number of nitrogens with zero attached hydrogens (tertiary/aromatic N) is 4. The highest BCUT2D eigenvalue weighted by Crippen LogP contribution is 2.22. The molecule has 0 spiro atoms. The van der Waals surface area contributed by atoms with Crippen molar-refractivity contribution >= 4 is 104 Å². The quantitative estimate of drug-likeness (QED) is 0.0192. The number of ether oxygens (including phenoxy) is 2. The third-order valence-corrected chi connectivity index (χ3v) is 21.2.